The summed E-state index contributed by atoms with van der Waals surface area (Å²) in [5, 5.41) is -0.268. The smallest absolute Gasteiger partial charge is 0.190 e. The topological polar surface area (TPSA) is 61.8 Å². The molecular formula is C15H17ClNO2S+. The van der Waals surface area contributed by atoms with Gasteiger partial charge < -0.3 is 5.73 Å². The maximum Gasteiger partial charge on any atom is 0.190 e. The van der Waals surface area contributed by atoms with Crippen molar-refractivity contribution in [3.8, 4) is 0 Å². The Hall–Kier alpha value is -1.36. The van der Waals surface area contributed by atoms with Gasteiger partial charge in [-0.05, 0) is 30.7 Å². The Morgan fingerprint density at radius 1 is 1.10 bits per heavy atom. The predicted octanol–water partition coefficient (Wildman–Crippen LogP) is 2.41. The largest absolute Gasteiger partial charge is 0.356 e. The molecule has 0 fully saturated rings. The highest BCUT2D eigenvalue weighted by atomic mass is 35.5. The summed E-state index contributed by atoms with van der Waals surface area (Å²) in [6.45, 7) is 2.16. The number of hydrogen-bond donors (Lipinski definition) is 1. The van der Waals surface area contributed by atoms with Crippen molar-refractivity contribution in [3.05, 3.63) is 64.7 Å². The van der Waals surface area contributed by atoms with Gasteiger partial charge in [0.1, 0.15) is 5.25 Å². The summed E-state index contributed by atoms with van der Waals surface area (Å²) in [5.74, 6) is 0. The number of quaternary nitrogens is 1. The first-order chi connectivity index (χ1) is 9.46. The molecule has 0 aliphatic heterocycles. The van der Waals surface area contributed by atoms with Crippen LogP contribution in [0.5, 0.6) is 0 Å². The molecule has 0 amide bonds. The SMILES string of the molecule is Cc1ccc(S(=O)(=O)[C@H](C[NH3+])c2ccccc2Cl)cc1. The van der Waals surface area contributed by atoms with E-state index in [0.717, 1.165) is 5.56 Å². The second-order valence-electron chi connectivity index (χ2n) is 4.66. The summed E-state index contributed by atoms with van der Waals surface area (Å²) in [6, 6.07) is 13.8. The van der Waals surface area contributed by atoms with E-state index in [-0.39, 0.29) is 6.54 Å². The number of aryl methyl sites for hydroxylation is 1. The summed E-state index contributed by atoms with van der Waals surface area (Å²) in [4.78, 5) is 0.302. The zero-order valence-electron chi connectivity index (χ0n) is 11.2. The number of sulfone groups is 1. The molecule has 0 spiro atoms. The summed E-state index contributed by atoms with van der Waals surface area (Å²) in [6.07, 6.45) is 0. The van der Waals surface area contributed by atoms with Gasteiger partial charge in [0.15, 0.2) is 9.84 Å². The first-order valence-corrected chi connectivity index (χ1v) is 8.23. The van der Waals surface area contributed by atoms with Gasteiger partial charge in [-0.3, -0.25) is 0 Å². The highest BCUT2D eigenvalue weighted by Crippen LogP contribution is 2.32. The molecule has 0 unspecified atom stereocenters. The van der Waals surface area contributed by atoms with Gasteiger partial charge in [-0.15, -0.1) is 0 Å². The summed E-state index contributed by atoms with van der Waals surface area (Å²) in [5.41, 5.74) is 5.40. The standard InChI is InChI=1S/C15H16ClNO2S/c1-11-6-8-12(9-7-11)20(18,19)15(10-17)13-4-2-3-5-14(13)16/h2-9,15H,10,17H2,1H3/p+1/t15-/m1/s1. The monoisotopic (exact) mass is 310 g/mol. The lowest BCUT2D eigenvalue weighted by Crippen LogP contribution is -2.54. The molecule has 0 aliphatic rings. The van der Waals surface area contributed by atoms with E-state index >= 15 is 0 Å². The fraction of sp³-hybridized carbons (Fsp3) is 0.200. The Balaban J connectivity index is 2.51. The number of benzene rings is 2. The quantitative estimate of drug-likeness (QED) is 0.942. The van der Waals surface area contributed by atoms with Crippen LogP contribution in [0.1, 0.15) is 16.4 Å². The van der Waals surface area contributed by atoms with Gasteiger partial charge in [-0.2, -0.15) is 0 Å². The first kappa shape index (κ1) is 15.0. The molecule has 1 atom stereocenters. The third-order valence-electron chi connectivity index (χ3n) is 3.24. The van der Waals surface area contributed by atoms with Crippen LogP contribution in [0, 0.1) is 6.92 Å². The van der Waals surface area contributed by atoms with Crippen molar-refractivity contribution in [1.29, 1.82) is 0 Å². The molecule has 2 rings (SSSR count). The predicted molar refractivity (Wildman–Crippen MR) is 80.3 cm³/mol. The van der Waals surface area contributed by atoms with Gasteiger partial charge in [0.25, 0.3) is 0 Å². The fourth-order valence-corrected chi connectivity index (χ4v) is 4.13. The maximum atomic E-state index is 12.7. The van der Waals surface area contributed by atoms with Crippen LogP contribution in [0.4, 0.5) is 0 Å². The average Bonchev–Trinajstić information content (AvgIpc) is 2.42. The van der Waals surface area contributed by atoms with E-state index in [1.165, 1.54) is 0 Å². The minimum atomic E-state index is -3.49. The lowest BCUT2D eigenvalue weighted by Gasteiger charge is -2.16. The molecule has 106 valence electrons. The van der Waals surface area contributed by atoms with Crippen LogP contribution in [0.3, 0.4) is 0 Å². The molecule has 0 bridgehead atoms. The third kappa shape index (κ3) is 2.87. The van der Waals surface area contributed by atoms with E-state index in [9.17, 15) is 8.42 Å². The van der Waals surface area contributed by atoms with E-state index in [4.69, 9.17) is 11.6 Å². The minimum absolute atomic E-state index is 0.236. The maximum absolute atomic E-state index is 12.7. The van der Waals surface area contributed by atoms with Crippen molar-refractivity contribution in [1.82, 2.24) is 0 Å². The van der Waals surface area contributed by atoms with Crippen molar-refractivity contribution < 1.29 is 14.2 Å². The molecule has 3 N–H and O–H groups in total. The van der Waals surface area contributed by atoms with Gasteiger partial charge in [0.05, 0.1) is 11.4 Å². The van der Waals surface area contributed by atoms with Crippen molar-refractivity contribution in [3.63, 3.8) is 0 Å². The molecule has 0 aliphatic carbocycles. The molecule has 2 aromatic rings. The van der Waals surface area contributed by atoms with Gasteiger partial charge in [0.2, 0.25) is 0 Å². The molecule has 5 heteroatoms. The normalized spacial score (nSPS) is 13.2. The molecule has 0 saturated heterocycles. The highest BCUT2D eigenvalue weighted by Gasteiger charge is 2.30. The van der Waals surface area contributed by atoms with Crippen molar-refractivity contribution in [2.24, 2.45) is 0 Å². The lowest BCUT2D eigenvalue weighted by atomic mass is 10.1. The minimum Gasteiger partial charge on any atom is -0.356 e. The summed E-state index contributed by atoms with van der Waals surface area (Å²) >= 11 is 6.12. The summed E-state index contributed by atoms with van der Waals surface area (Å²) in [7, 11) is -3.49. The Bertz CT molecular complexity index is 696. The Morgan fingerprint density at radius 3 is 2.25 bits per heavy atom. The summed E-state index contributed by atoms with van der Waals surface area (Å²) < 4.78 is 25.5. The third-order valence-corrected chi connectivity index (χ3v) is 5.75. The average molecular weight is 311 g/mol. The van der Waals surface area contributed by atoms with Crippen LogP contribution < -0.4 is 5.73 Å². The van der Waals surface area contributed by atoms with Gasteiger partial charge in [-0.25, -0.2) is 8.42 Å². The molecule has 3 nitrogen and oxygen atoms in total. The van der Waals surface area contributed by atoms with Crippen LogP contribution in [0.25, 0.3) is 0 Å². The fourth-order valence-electron chi connectivity index (χ4n) is 2.11. The van der Waals surface area contributed by atoms with Gasteiger partial charge in [-0.1, -0.05) is 47.5 Å². The van der Waals surface area contributed by atoms with Crippen molar-refractivity contribution in [2.75, 3.05) is 6.54 Å². The molecule has 0 saturated carbocycles. The molecule has 20 heavy (non-hydrogen) atoms. The number of hydrogen-bond acceptors (Lipinski definition) is 2. The molecule has 0 aromatic heterocycles. The van der Waals surface area contributed by atoms with E-state index < -0.39 is 15.1 Å². The second-order valence-corrected chi connectivity index (χ2v) is 7.19. The number of halogens is 1. The Kier molecular flexibility index (Phi) is 4.48. The molecule has 0 radical (unpaired) electrons. The van der Waals surface area contributed by atoms with Gasteiger partial charge >= 0.3 is 0 Å². The molecule has 2 aromatic carbocycles. The van der Waals surface area contributed by atoms with Crippen molar-refractivity contribution >= 4 is 21.4 Å². The zero-order valence-corrected chi connectivity index (χ0v) is 12.8. The second kappa shape index (κ2) is 5.95. The number of rotatable bonds is 4. The first-order valence-electron chi connectivity index (χ1n) is 6.31. The van der Waals surface area contributed by atoms with Gasteiger partial charge in [0, 0.05) is 5.02 Å². The van der Waals surface area contributed by atoms with Crippen LogP contribution in [-0.2, 0) is 9.84 Å². The van der Waals surface area contributed by atoms with E-state index in [1.807, 2.05) is 6.92 Å². The van der Waals surface area contributed by atoms with E-state index in [2.05, 4.69) is 5.73 Å². The molecular weight excluding hydrogens is 294 g/mol. The highest BCUT2D eigenvalue weighted by molar-refractivity contribution is 7.91. The van der Waals surface area contributed by atoms with Crippen LogP contribution in [0.2, 0.25) is 5.02 Å². The Morgan fingerprint density at radius 2 is 1.70 bits per heavy atom. The molecule has 0 heterocycles. The lowest BCUT2D eigenvalue weighted by molar-refractivity contribution is -0.367. The van der Waals surface area contributed by atoms with Crippen LogP contribution in [0.15, 0.2) is 53.4 Å². The zero-order chi connectivity index (χ0) is 14.8. The van der Waals surface area contributed by atoms with Crippen molar-refractivity contribution in [2.45, 2.75) is 17.1 Å². The Labute approximate surface area is 124 Å². The van der Waals surface area contributed by atoms with E-state index in [1.54, 1.807) is 48.5 Å². The van der Waals surface area contributed by atoms with Crippen LogP contribution >= 0.6 is 11.6 Å². The van der Waals surface area contributed by atoms with E-state index in [0.29, 0.717) is 15.5 Å². The van der Waals surface area contributed by atoms with Crippen LogP contribution in [-0.4, -0.2) is 15.0 Å².